The Morgan fingerprint density at radius 3 is 2.76 bits per heavy atom. The fourth-order valence-electron chi connectivity index (χ4n) is 3.16. The summed E-state index contributed by atoms with van der Waals surface area (Å²) < 4.78 is 39.6. The van der Waals surface area contributed by atoms with Gasteiger partial charge in [0.1, 0.15) is 0 Å². The number of fused-ring (bicyclic) bond motifs is 2. The highest BCUT2D eigenvalue weighted by Crippen LogP contribution is 2.30. The molecule has 4 rings (SSSR count). The number of benzene rings is 1. The van der Waals surface area contributed by atoms with Crippen molar-refractivity contribution in [3.05, 3.63) is 41.0 Å². The summed E-state index contributed by atoms with van der Waals surface area (Å²) in [6.45, 7) is 1.11. The van der Waals surface area contributed by atoms with E-state index in [1.165, 1.54) is 4.90 Å². The van der Waals surface area contributed by atoms with Crippen LogP contribution in [0.25, 0.3) is 0 Å². The second-order valence-electron chi connectivity index (χ2n) is 5.86. The lowest BCUT2D eigenvalue weighted by Crippen LogP contribution is -2.39. The van der Waals surface area contributed by atoms with Gasteiger partial charge in [0.2, 0.25) is 5.82 Å². The van der Waals surface area contributed by atoms with E-state index >= 15 is 0 Å². The van der Waals surface area contributed by atoms with E-state index in [-0.39, 0.29) is 43.8 Å². The zero-order valence-electron chi connectivity index (χ0n) is 13.0. The molecule has 2 aromatic rings. The van der Waals surface area contributed by atoms with E-state index in [1.807, 2.05) is 12.1 Å². The number of alkyl halides is 3. The van der Waals surface area contributed by atoms with Crippen LogP contribution in [0.2, 0.25) is 0 Å². The Morgan fingerprint density at radius 2 is 2.00 bits per heavy atom. The minimum Gasteiger partial charge on any atom is -0.384 e. The maximum Gasteiger partial charge on any atom is 0.451 e. The van der Waals surface area contributed by atoms with E-state index in [1.54, 1.807) is 6.07 Å². The molecule has 25 heavy (non-hydrogen) atoms. The van der Waals surface area contributed by atoms with Crippen molar-refractivity contribution in [2.45, 2.75) is 25.7 Å². The number of carbonyl (C=O) groups is 1. The lowest BCUT2D eigenvalue weighted by atomic mass is 10.1. The maximum atomic E-state index is 12.8. The molecule has 1 amide bonds. The molecule has 1 aromatic carbocycles. The number of nitrogens with one attached hydrogen (secondary N) is 1. The average molecular weight is 374 g/mol. The molecular formula is C15H15ClF3N5O. The zero-order valence-corrected chi connectivity index (χ0v) is 13.8. The van der Waals surface area contributed by atoms with Crippen LogP contribution in [0.15, 0.2) is 18.2 Å². The van der Waals surface area contributed by atoms with Crippen LogP contribution in [0.3, 0.4) is 0 Å². The van der Waals surface area contributed by atoms with Crippen molar-refractivity contribution in [2.75, 3.05) is 18.4 Å². The van der Waals surface area contributed by atoms with Crippen LogP contribution in [-0.2, 0) is 25.7 Å². The minimum atomic E-state index is -4.54. The summed E-state index contributed by atoms with van der Waals surface area (Å²) in [6.07, 6.45) is -3.68. The third-order valence-electron chi connectivity index (χ3n) is 4.36. The molecule has 6 nitrogen and oxygen atoms in total. The first-order valence-electron chi connectivity index (χ1n) is 7.59. The molecule has 2 aliphatic heterocycles. The predicted octanol–water partition coefficient (Wildman–Crippen LogP) is 2.34. The Bertz CT molecular complexity index is 820. The summed E-state index contributed by atoms with van der Waals surface area (Å²) in [7, 11) is 0. The fraction of sp³-hybridized carbons (Fsp3) is 0.400. The number of amides is 1. The number of aromatic nitrogens is 3. The highest BCUT2D eigenvalue weighted by molar-refractivity contribution is 5.95. The Labute approximate surface area is 147 Å². The first-order valence-corrected chi connectivity index (χ1v) is 7.59. The molecule has 0 bridgehead atoms. The van der Waals surface area contributed by atoms with Gasteiger partial charge >= 0.3 is 6.18 Å². The number of nitrogens with zero attached hydrogens (tertiary/aromatic N) is 4. The average Bonchev–Trinajstić information content (AvgIpc) is 3.18. The fourth-order valence-corrected chi connectivity index (χ4v) is 3.16. The number of halogens is 4. The van der Waals surface area contributed by atoms with E-state index in [4.69, 9.17) is 0 Å². The van der Waals surface area contributed by atoms with Crippen LogP contribution < -0.4 is 5.32 Å². The topological polar surface area (TPSA) is 63.1 Å². The van der Waals surface area contributed by atoms with Gasteiger partial charge in [-0.25, -0.2) is 0 Å². The molecule has 3 heterocycles. The van der Waals surface area contributed by atoms with Gasteiger partial charge < -0.3 is 14.8 Å². The molecule has 0 unspecified atom stereocenters. The van der Waals surface area contributed by atoms with Crippen LogP contribution in [0, 0.1) is 0 Å². The molecule has 0 fully saturated rings. The van der Waals surface area contributed by atoms with E-state index in [0.717, 1.165) is 28.8 Å². The van der Waals surface area contributed by atoms with Gasteiger partial charge in [-0.15, -0.1) is 22.6 Å². The summed E-state index contributed by atoms with van der Waals surface area (Å²) in [4.78, 5) is 14.1. The molecule has 0 saturated heterocycles. The monoisotopic (exact) mass is 373 g/mol. The van der Waals surface area contributed by atoms with Gasteiger partial charge in [-0.1, -0.05) is 0 Å². The van der Waals surface area contributed by atoms with Gasteiger partial charge in [-0.2, -0.15) is 13.2 Å². The summed E-state index contributed by atoms with van der Waals surface area (Å²) in [5.74, 6) is -1.05. The van der Waals surface area contributed by atoms with Crippen LogP contribution in [0.5, 0.6) is 0 Å². The van der Waals surface area contributed by atoms with Gasteiger partial charge in [0.05, 0.1) is 6.54 Å². The van der Waals surface area contributed by atoms with Crippen LogP contribution in [0.4, 0.5) is 18.9 Å². The SMILES string of the molecule is Cl.O=C(c1ccc2c(c1)CCN2)N1CCn2c(nnc2C(F)(F)F)C1. The van der Waals surface area contributed by atoms with Crippen LogP contribution >= 0.6 is 12.4 Å². The molecule has 10 heteroatoms. The van der Waals surface area contributed by atoms with Crippen molar-refractivity contribution in [2.24, 2.45) is 0 Å². The highest BCUT2D eigenvalue weighted by atomic mass is 35.5. The van der Waals surface area contributed by atoms with Crippen LogP contribution in [0.1, 0.15) is 27.6 Å². The molecule has 0 radical (unpaired) electrons. The van der Waals surface area contributed by atoms with Crippen molar-refractivity contribution >= 4 is 24.0 Å². The molecule has 134 valence electrons. The van der Waals surface area contributed by atoms with Crippen molar-refractivity contribution in [3.63, 3.8) is 0 Å². The Kier molecular flexibility index (Phi) is 4.36. The molecule has 0 atom stereocenters. The second kappa shape index (κ2) is 6.21. The first kappa shape index (κ1) is 17.5. The Hall–Kier alpha value is -2.29. The van der Waals surface area contributed by atoms with Crippen molar-refractivity contribution in [1.82, 2.24) is 19.7 Å². The summed E-state index contributed by atoms with van der Waals surface area (Å²) in [6, 6.07) is 5.45. The molecule has 0 aliphatic carbocycles. The third kappa shape index (κ3) is 3.04. The lowest BCUT2D eigenvalue weighted by Gasteiger charge is -2.28. The number of anilines is 1. The van der Waals surface area contributed by atoms with Gasteiger partial charge in [0.15, 0.2) is 5.82 Å². The van der Waals surface area contributed by atoms with Crippen molar-refractivity contribution < 1.29 is 18.0 Å². The molecule has 2 aliphatic rings. The molecule has 0 saturated carbocycles. The standard InChI is InChI=1S/C15H14F3N5O.ClH/c16-15(17,18)14-21-20-12-8-22(5-6-23(12)14)13(24)10-1-2-11-9(7-10)3-4-19-11;/h1-2,7,19H,3-6,8H2;1H. The summed E-state index contributed by atoms with van der Waals surface area (Å²) in [5.41, 5.74) is 2.65. The first-order chi connectivity index (χ1) is 11.4. The molecular weight excluding hydrogens is 359 g/mol. The number of hydrogen-bond donors (Lipinski definition) is 1. The van der Waals surface area contributed by atoms with Gasteiger partial charge in [0, 0.05) is 30.9 Å². The van der Waals surface area contributed by atoms with Gasteiger partial charge in [0.25, 0.3) is 5.91 Å². The van der Waals surface area contributed by atoms with E-state index in [9.17, 15) is 18.0 Å². The Balaban J connectivity index is 0.00000182. The summed E-state index contributed by atoms with van der Waals surface area (Å²) in [5, 5.41) is 10.0. The van der Waals surface area contributed by atoms with Gasteiger partial charge in [-0.05, 0) is 30.2 Å². The highest BCUT2D eigenvalue weighted by Gasteiger charge is 2.40. The molecule has 1 aromatic heterocycles. The minimum absolute atomic E-state index is 0. The summed E-state index contributed by atoms with van der Waals surface area (Å²) >= 11 is 0. The maximum absolute atomic E-state index is 12.8. The van der Waals surface area contributed by atoms with E-state index in [2.05, 4.69) is 15.5 Å². The quantitative estimate of drug-likeness (QED) is 0.833. The van der Waals surface area contributed by atoms with Crippen molar-refractivity contribution in [1.29, 1.82) is 0 Å². The number of hydrogen-bond acceptors (Lipinski definition) is 4. The van der Waals surface area contributed by atoms with Gasteiger partial charge in [-0.3, -0.25) is 4.79 Å². The normalized spacial score (nSPS) is 15.9. The number of carbonyl (C=O) groups excluding carboxylic acids is 1. The second-order valence-corrected chi connectivity index (χ2v) is 5.86. The predicted molar refractivity (Wildman–Crippen MR) is 85.6 cm³/mol. The van der Waals surface area contributed by atoms with E-state index < -0.39 is 12.0 Å². The lowest BCUT2D eigenvalue weighted by molar-refractivity contribution is -0.147. The smallest absolute Gasteiger partial charge is 0.384 e. The van der Waals surface area contributed by atoms with Crippen LogP contribution in [-0.4, -0.2) is 38.7 Å². The molecule has 0 spiro atoms. The zero-order chi connectivity index (χ0) is 16.9. The Morgan fingerprint density at radius 1 is 1.20 bits per heavy atom. The largest absolute Gasteiger partial charge is 0.451 e. The molecule has 1 N–H and O–H groups in total. The third-order valence-corrected chi connectivity index (χ3v) is 4.36. The number of rotatable bonds is 1. The van der Waals surface area contributed by atoms with E-state index in [0.29, 0.717) is 5.56 Å². The van der Waals surface area contributed by atoms with Crippen molar-refractivity contribution in [3.8, 4) is 0 Å².